The first-order valence-corrected chi connectivity index (χ1v) is 4.32. The van der Waals surface area contributed by atoms with Crippen molar-refractivity contribution in [2.75, 3.05) is 0 Å². The molecule has 0 fully saturated rings. The number of hydrogen-bond acceptors (Lipinski definition) is 0. The number of hydrogen-bond donors (Lipinski definition) is 0. The van der Waals surface area contributed by atoms with E-state index in [1.165, 1.54) is 5.69 Å². The summed E-state index contributed by atoms with van der Waals surface area (Å²) in [6.45, 7) is 6.51. The van der Waals surface area contributed by atoms with E-state index in [2.05, 4.69) is 37.6 Å². The Morgan fingerprint density at radius 3 is 2.45 bits per heavy atom. The summed E-state index contributed by atoms with van der Waals surface area (Å²) in [5.74, 6) is 0.588. The summed E-state index contributed by atoms with van der Waals surface area (Å²) < 4.78 is 2.19. The Bertz CT molecular complexity index is 232. The van der Waals surface area contributed by atoms with Crippen molar-refractivity contribution in [3.63, 3.8) is 0 Å². The zero-order valence-corrected chi connectivity index (χ0v) is 8.02. The molecule has 0 N–H and O–H groups in total. The van der Waals surface area contributed by atoms with E-state index in [0.29, 0.717) is 5.88 Å². The van der Waals surface area contributed by atoms with Gasteiger partial charge in [0, 0.05) is 17.4 Å². The predicted octanol–water partition coefficient (Wildman–Crippen LogP) is 2.98. The van der Waals surface area contributed by atoms with Gasteiger partial charge in [0.05, 0.1) is 5.88 Å². The second-order valence-electron chi connectivity index (χ2n) is 3.67. The van der Waals surface area contributed by atoms with Crippen LogP contribution in [-0.4, -0.2) is 4.57 Å². The smallest absolute Gasteiger partial charge is 0.0627 e. The Balaban J connectivity index is 3.02. The minimum Gasteiger partial charge on any atom is -0.345 e. The Labute approximate surface area is 73.0 Å². The number of alkyl halides is 1. The molecule has 0 aliphatic rings. The van der Waals surface area contributed by atoms with Crippen LogP contribution >= 0.6 is 11.6 Å². The lowest BCUT2D eigenvalue weighted by Crippen LogP contribution is -2.22. The molecular formula is C9H14ClN. The number of rotatable bonds is 1. The zero-order valence-electron chi connectivity index (χ0n) is 7.26. The maximum atomic E-state index is 5.76. The highest BCUT2D eigenvalue weighted by molar-refractivity contribution is 6.16. The summed E-state index contributed by atoms with van der Waals surface area (Å²) in [6.07, 6.45) is 2.07. The van der Waals surface area contributed by atoms with Crippen molar-refractivity contribution in [2.45, 2.75) is 32.2 Å². The molecule has 11 heavy (non-hydrogen) atoms. The van der Waals surface area contributed by atoms with Crippen LogP contribution in [0.25, 0.3) is 0 Å². The Morgan fingerprint density at radius 1 is 1.45 bits per heavy atom. The summed E-state index contributed by atoms with van der Waals surface area (Å²) in [4.78, 5) is 0. The van der Waals surface area contributed by atoms with Crippen LogP contribution in [0.5, 0.6) is 0 Å². The van der Waals surface area contributed by atoms with E-state index in [1.807, 2.05) is 6.07 Å². The standard InChI is InChI=1S/C9H14ClN/c1-9(2,3)11-6-4-5-8(11)7-10/h4-6H,7H2,1-3H3. The lowest BCUT2D eigenvalue weighted by molar-refractivity contribution is 0.390. The summed E-state index contributed by atoms with van der Waals surface area (Å²) in [7, 11) is 0. The van der Waals surface area contributed by atoms with Crippen molar-refractivity contribution >= 4 is 11.6 Å². The molecule has 0 atom stereocenters. The second kappa shape index (κ2) is 2.90. The van der Waals surface area contributed by atoms with E-state index >= 15 is 0 Å². The van der Waals surface area contributed by atoms with Crippen LogP contribution in [0.2, 0.25) is 0 Å². The fraction of sp³-hybridized carbons (Fsp3) is 0.556. The van der Waals surface area contributed by atoms with E-state index in [9.17, 15) is 0 Å². The number of aromatic nitrogens is 1. The van der Waals surface area contributed by atoms with Crippen molar-refractivity contribution < 1.29 is 0 Å². The monoisotopic (exact) mass is 171 g/mol. The normalized spacial score (nSPS) is 12.0. The van der Waals surface area contributed by atoms with E-state index in [0.717, 1.165) is 0 Å². The maximum absolute atomic E-state index is 5.76. The van der Waals surface area contributed by atoms with Gasteiger partial charge >= 0.3 is 0 Å². The highest BCUT2D eigenvalue weighted by Gasteiger charge is 2.14. The molecule has 0 saturated carbocycles. The van der Waals surface area contributed by atoms with Gasteiger partial charge in [-0.25, -0.2) is 0 Å². The van der Waals surface area contributed by atoms with Gasteiger partial charge in [0.1, 0.15) is 0 Å². The average molecular weight is 172 g/mol. The Morgan fingerprint density at radius 2 is 2.09 bits per heavy atom. The van der Waals surface area contributed by atoms with Gasteiger partial charge in [-0.1, -0.05) is 0 Å². The van der Waals surface area contributed by atoms with Gasteiger partial charge in [0.2, 0.25) is 0 Å². The quantitative estimate of drug-likeness (QED) is 0.573. The molecule has 0 unspecified atom stereocenters. The third-order valence-electron chi connectivity index (χ3n) is 1.69. The fourth-order valence-corrected chi connectivity index (χ4v) is 1.40. The topological polar surface area (TPSA) is 4.93 Å². The van der Waals surface area contributed by atoms with Gasteiger partial charge in [-0.2, -0.15) is 0 Å². The molecule has 0 amide bonds. The molecule has 0 bridgehead atoms. The summed E-state index contributed by atoms with van der Waals surface area (Å²) in [5.41, 5.74) is 1.33. The van der Waals surface area contributed by atoms with Crippen molar-refractivity contribution in [1.29, 1.82) is 0 Å². The van der Waals surface area contributed by atoms with Gasteiger partial charge in [0.15, 0.2) is 0 Å². The van der Waals surface area contributed by atoms with Crippen molar-refractivity contribution in [3.8, 4) is 0 Å². The molecule has 62 valence electrons. The first-order valence-electron chi connectivity index (χ1n) is 3.78. The van der Waals surface area contributed by atoms with Crippen LogP contribution < -0.4 is 0 Å². The molecule has 1 aromatic heterocycles. The highest BCUT2D eigenvalue weighted by Crippen LogP contribution is 2.18. The lowest BCUT2D eigenvalue weighted by Gasteiger charge is -2.23. The zero-order chi connectivity index (χ0) is 8.48. The van der Waals surface area contributed by atoms with E-state index in [1.54, 1.807) is 0 Å². The molecule has 1 nitrogen and oxygen atoms in total. The molecule has 0 aliphatic carbocycles. The maximum Gasteiger partial charge on any atom is 0.0627 e. The van der Waals surface area contributed by atoms with E-state index in [-0.39, 0.29) is 5.54 Å². The minimum absolute atomic E-state index is 0.147. The minimum atomic E-state index is 0.147. The van der Waals surface area contributed by atoms with E-state index < -0.39 is 0 Å². The van der Waals surface area contributed by atoms with Crippen LogP contribution in [0.4, 0.5) is 0 Å². The number of halogens is 1. The summed E-state index contributed by atoms with van der Waals surface area (Å²) >= 11 is 5.76. The highest BCUT2D eigenvalue weighted by atomic mass is 35.5. The van der Waals surface area contributed by atoms with Crippen molar-refractivity contribution in [1.82, 2.24) is 4.57 Å². The van der Waals surface area contributed by atoms with Crippen LogP contribution in [0, 0.1) is 0 Å². The van der Waals surface area contributed by atoms with Gasteiger partial charge in [-0.15, -0.1) is 11.6 Å². The molecule has 0 radical (unpaired) electrons. The Hall–Kier alpha value is -0.430. The molecule has 0 aromatic carbocycles. The molecule has 0 aliphatic heterocycles. The molecule has 2 heteroatoms. The Kier molecular flexibility index (Phi) is 2.28. The molecular weight excluding hydrogens is 158 g/mol. The van der Waals surface area contributed by atoms with Gasteiger partial charge < -0.3 is 4.57 Å². The largest absolute Gasteiger partial charge is 0.345 e. The summed E-state index contributed by atoms with van der Waals surface area (Å²) in [6, 6.07) is 4.08. The fourth-order valence-electron chi connectivity index (χ4n) is 1.18. The molecule has 1 aromatic rings. The third kappa shape index (κ3) is 1.78. The van der Waals surface area contributed by atoms with Gasteiger partial charge in [-0.3, -0.25) is 0 Å². The van der Waals surface area contributed by atoms with Crippen LogP contribution in [0.3, 0.4) is 0 Å². The van der Waals surface area contributed by atoms with Crippen LogP contribution in [0.15, 0.2) is 18.3 Å². The first-order chi connectivity index (χ1) is 5.05. The van der Waals surface area contributed by atoms with Crippen LogP contribution in [0.1, 0.15) is 26.5 Å². The SMILES string of the molecule is CC(C)(C)n1cccc1CCl. The van der Waals surface area contributed by atoms with Crippen molar-refractivity contribution in [3.05, 3.63) is 24.0 Å². The second-order valence-corrected chi connectivity index (χ2v) is 3.94. The number of nitrogens with zero attached hydrogens (tertiary/aromatic N) is 1. The molecule has 1 heterocycles. The lowest BCUT2D eigenvalue weighted by atomic mass is 10.1. The van der Waals surface area contributed by atoms with E-state index in [4.69, 9.17) is 11.6 Å². The first kappa shape index (κ1) is 8.66. The van der Waals surface area contributed by atoms with Crippen LogP contribution in [-0.2, 0) is 11.4 Å². The molecule has 0 saturated heterocycles. The van der Waals surface area contributed by atoms with Gasteiger partial charge in [-0.05, 0) is 32.9 Å². The third-order valence-corrected chi connectivity index (χ3v) is 1.97. The molecule has 0 spiro atoms. The van der Waals surface area contributed by atoms with Gasteiger partial charge in [0.25, 0.3) is 0 Å². The summed E-state index contributed by atoms with van der Waals surface area (Å²) in [5, 5.41) is 0. The van der Waals surface area contributed by atoms with Crippen molar-refractivity contribution in [2.24, 2.45) is 0 Å². The predicted molar refractivity (Wildman–Crippen MR) is 49.0 cm³/mol. The molecule has 1 rings (SSSR count). The average Bonchev–Trinajstić information content (AvgIpc) is 2.31.